The molecule has 0 aliphatic carbocycles. The summed E-state index contributed by atoms with van der Waals surface area (Å²) in [4.78, 5) is 25.8. The first-order valence-corrected chi connectivity index (χ1v) is 6.88. The van der Waals surface area contributed by atoms with E-state index in [0.29, 0.717) is 26.2 Å². The molecule has 116 valence electrons. The fourth-order valence-corrected chi connectivity index (χ4v) is 2.14. The second-order valence-corrected chi connectivity index (χ2v) is 4.89. The van der Waals surface area contributed by atoms with Gasteiger partial charge in [0.2, 0.25) is 5.91 Å². The lowest BCUT2D eigenvalue weighted by molar-refractivity contribution is -0.383. The summed E-state index contributed by atoms with van der Waals surface area (Å²) in [5.41, 5.74) is 6.54. The lowest BCUT2D eigenvalue weighted by Crippen LogP contribution is -2.38. The van der Waals surface area contributed by atoms with E-state index in [9.17, 15) is 14.9 Å². The van der Waals surface area contributed by atoms with Crippen LogP contribution in [-0.2, 0) is 11.3 Å². The van der Waals surface area contributed by atoms with Crippen LogP contribution >= 0.6 is 0 Å². The van der Waals surface area contributed by atoms with E-state index >= 15 is 0 Å². The number of nitro groups is 1. The number of likely N-dealkylation sites (N-methyl/N-ethyl adjacent to an activating group) is 2. The minimum Gasteiger partial charge on any atom is -0.393 e. The number of nitrogens with zero attached hydrogens (tertiary/aromatic N) is 3. The highest BCUT2D eigenvalue weighted by Crippen LogP contribution is 2.22. The van der Waals surface area contributed by atoms with Crippen molar-refractivity contribution in [3.05, 3.63) is 33.9 Å². The molecule has 0 unspecified atom stereocenters. The molecule has 7 heteroatoms. The monoisotopic (exact) mass is 294 g/mol. The number of nitro benzene ring substituents is 1. The Hall–Kier alpha value is -2.15. The summed E-state index contributed by atoms with van der Waals surface area (Å²) < 4.78 is 0. The van der Waals surface area contributed by atoms with Gasteiger partial charge in [-0.05, 0) is 32.5 Å². The second-order valence-electron chi connectivity index (χ2n) is 4.89. The van der Waals surface area contributed by atoms with Crippen LogP contribution in [0.1, 0.15) is 19.4 Å². The quantitative estimate of drug-likeness (QED) is 0.467. The van der Waals surface area contributed by atoms with Gasteiger partial charge in [0.15, 0.2) is 0 Å². The van der Waals surface area contributed by atoms with E-state index in [4.69, 9.17) is 5.73 Å². The van der Waals surface area contributed by atoms with Crippen molar-refractivity contribution in [1.29, 1.82) is 0 Å². The minimum atomic E-state index is -0.507. The van der Waals surface area contributed by atoms with Gasteiger partial charge in [-0.25, -0.2) is 0 Å². The maximum Gasteiger partial charge on any atom is 0.292 e. The number of carbonyl (C=O) groups excluding carboxylic acids is 1. The number of anilines is 1. The fourth-order valence-electron chi connectivity index (χ4n) is 2.14. The molecule has 1 rings (SSSR count). The van der Waals surface area contributed by atoms with E-state index in [1.807, 2.05) is 25.8 Å². The second kappa shape index (κ2) is 7.58. The van der Waals surface area contributed by atoms with E-state index in [0.717, 1.165) is 5.56 Å². The molecule has 21 heavy (non-hydrogen) atoms. The van der Waals surface area contributed by atoms with Gasteiger partial charge in [0.25, 0.3) is 5.69 Å². The highest BCUT2D eigenvalue weighted by Gasteiger charge is 2.15. The molecular weight excluding hydrogens is 272 g/mol. The van der Waals surface area contributed by atoms with Crippen molar-refractivity contribution < 1.29 is 9.72 Å². The van der Waals surface area contributed by atoms with Crippen LogP contribution in [0, 0.1) is 10.1 Å². The molecule has 7 nitrogen and oxygen atoms in total. The first kappa shape index (κ1) is 16.9. The van der Waals surface area contributed by atoms with Crippen molar-refractivity contribution in [2.75, 3.05) is 32.4 Å². The Bertz CT molecular complexity index is 515. The predicted molar refractivity (Wildman–Crippen MR) is 81.8 cm³/mol. The van der Waals surface area contributed by atoms with Gasteiger partial charge in [0.1, 0.15) is 5.69 Å². The summed E-state index contributed by atoms with van der Waals surface area (Å²) in [6, 6.07) is 4.63. The van der Waals surface area contributed by atoms with Gasteiger partial charge in [0.05, 0.1) is 11.5 Å². The zero-order valence-electron chi connectivity index (χ0n) is 12.7. The molecule has 0 bridgehead atoms. The maximum atomic E-state index is 12.0. The number of nitrogen functional groups attached to an aromatic ring is 1. The molecule has 2 N–H and O–H groups in total. The molecule has 0 saturated heterocycles. The molecule has 1 amide bonds. The summed E-state index contributed by atoms with van der Waals surface area (Å²) in [5.74, 6) is 0.0670. The highest BCUT2D eigenvalue weighted by molar-refractivity contribution is 5.78. The average Bonchev–Trinajstić information content (AvgIpc) is 2.39. The summed E-state index contributed by atoms with van der Waals surface area (Å²) in [7, 11) is 1.83. The van der Waals surface area contributed by atoms with Crippen molar-refractivity contribution in [1.82, 2.24) is 9.80 Å². The van der Waals surface area contributed by atoms with Crippen LogP contribution in [0.4, 0.5) is 11.4 Å². The van der Waals surface area contributed by atoms with Gasteiger partial charge >= 0.3 is 0 Å². The van der Waals surface area contributed by atoms with Crippen LogP contribution in [-0.4, -0.2) is 47.3 Å². The van der Waals surface area contributed by atoms with Crippen molar-refractivity contribution in [3.63, 3.8) is 0 Å². The molecule has 1 aromatic rings. The molecule has 0 spiro atoms. The SMILES string of the molecule is CCN(CC)C(=O)CN(C)Cc1ccc([N+](=O)[O-])c(N)c1. The molecule has 0 radical (unpaired) electrons. The third-order valence-electron chi connectivity index (χ3n) is 3.26. The van der Waals surface area contributed by atoms with Gasteiger partial charge in [0, 0.05) is 25.7 Å². The first-order valence-electron chi connectivity index (χ1n) is 6.88. The Labute approximate surface area is 124 Å². The number of benzene rings is 1. The third-order valence-corrected chi connectivity index (χ3v) is 3.26. The van der Waals surface area contributed by atoms with E-state index in [-0.39, 0.29) is 17.3 Å². The summed E-state index contributed by atoms with van der Waals surface area (Å²) in [5, 5.41) is 10.7. The van der Waals surface area contributed by atoms with E-state index in [1.54, 1.807) is 17.0 Å². The van der Waals surface area contributed by atoms with Crippen LogP contribution < -0.4 is 5.73 Å². The lowest BCUT2D eigenvalue weighted by atomic mass is 10.1. The van der Waals surface area contributed by atoms with E-state index in [1.165, 1.54) is 6.07 Å². The van der Waals surface area contributed by atoms with Crippen LogP contribution in [0.5, 0.6) is 0 Å². The maximum absolute atomic E-state index is 12.0. The van der Waals surface area contributed by atoms with Gasteiger partial charge in [-0.3, -0.25) is 19.8 Å². The highest BCUT2D eigenvalue weighted by atomic mass is 16.6. The van der Waals surface area contributed by atoms with E-state index < -0.39 is 4.92 Å². The number of amides is 1. The topological polar surface area (TPSA) is 92.7 Å². The lowest BCUT2D eigenvalue weighted by Gasteiger charge is -2.23. The smallest absolute Gasteiger partial charge is 0.292 e. The Morgan fingerprint density at radius 1 is 1.33 bits per heavy atom. The predicted octanol–water partition coefficient (Wildman–Crippen LogP) is 1.48. The van der Waals surface area contributed by atoms with Crippen LogP contribution in [0.15, 0.2) is 18.2 Å². The number of carbonyl (C=O) groups is 1. The van der Waals surface area contributed by atoms with Gasteiger partial charge in [-0.1, -0.05) is 6.07 Å². The largest absolute Gasteiger partial charge is 0.393 e. The Kier molecular flexibility index (Phi) is 6.10. The molecule has 1 aromatic carbocycles. The zero-order chi connectivity index (χ0) is 16.0. The molecule has 0 atom stereocenters. The summed E-state index contributed by atoms with van der Waals surface area (Å²) >= 11 is 0. The molecule has 0 heterocycles. The number of nitrogens with two attached hydrogens (primary N) is 1. The van der Waals surface area contributed by atoms with Crippen LogP contribution in [0.2, 0.25) is 0 Å². The van der Waals surface area contributed by atoms with Crippen molar-refractivity contribution in [3.8, 4) is 0 Å². The van der Waals surface area contributed by atoms with Crippen molar-refractivity contribution in [2.45, 2.75) is 20.4 Å². The number of hydrogen-bond donors (Lipinski definition) is 1. The Morgan fingerprint density at radius 3 is 2.43 bits per heavy atom. The summed E-state index contributed by atoms with van der Waals surface area (Å²) in [6.45, 7) is 6.08. The Morgan fingerprint density at radius 2 is 1.95 bits per heavy atom. The van der Waals surface area contributed by atoms with Crippen LogP contribution in [0.3, 0.4) is 0 Å². The van der Waals surface area contributed by atoms with Crippen molar-refractivity contribution >= 4 is 17.3 Å². The number of rotatable bonds is 7. The first-order chi connectivity index (χ1) is 9.88. The Balaban J connectivity index is 2.67. The molecule has 0 aliphatic heterocycles. The fraction of sp³-hybridized carbons (Fsp3) is 0.500. The van der Waals surface area contributed by atoms with Gasteiger partial charge in [-0.2, -0.15) is 0 Å². The molecule has 0 aromatic heterocycles. The number of hydrogen-bond acceptors (Lipinski definition) is 5. The normalized spacial score (nSPS) is 10.7. The van der Waals surface area contributed by atoms with Gasteiger partial charge in [-0.15, -0.1) is 0 Å². The third kappa shape index (κ3) is 4.71. The summed E-state index contributed by atoms with van der Waals surface area (Å²) in [6.07, 6.45) is 0. The minimum absolute atomic E-state index is 0.0670. The molecular formula is C14H22N4O3. The van der Waals surface area contributed by atoms with E-state index in [2.05, 4.69) is 0 Å². The van der Waals surface area contributed by atoms with Crippen LogP contribution in [0.25, 0.3) is 0 Å². The van der Waals surface area contributed by atoms with Gasteiger partial charge < -0.3 is 10.6 Å². The average molecular weight is 294 g/mol. The molecule has 0 fully saturated rings. The zero-order valence-corrected chi connectivity index (χ0v) is 12.7. The molecule has 0 saturated carbocycles. The molecule has 0 aliphatic rings. The standard InChI is InChI=1S/C14H22N4O3/c1-4-17(5-2)14(19)10-16(3)9-11-6-7-13(18(20)21)12(15)8-11/h6-8H,4-5,9-10,15H2,1-3H3. The van der Waals surface area contributed by atoms with Crippen molar-refractivity contribution in [2.24, 2.45) is 0 Å².